The van der Waals surface area contributed by atoms with Gasteiger partial charge in [-0.2, -0.15) is 14.7 Å². The highest BCUT2D eigenvalue weighted by molar-refractivity contribution is 5.52. The predicted octanol–water partition coefficient (Wildman–Crippen LogP) is 0.704. The molecule has 3 aromatic rings. The molecule has 0 aromatic carbocycles. The van der Waals surface area contributed by atoms with Crippen LogP contribution in [0.3, 0.4) is 0 Å². The van der Waals surface area contributed by atoms with Gasteiger partial charge in [-0.3, -0.25) is 4.79 Å². The zero-order valence-corrected chi connectivity index (χ0v) is 14.9. The lowest BCUT2D eigenvalue weighted by Gasteiger charge is -2.24. The minimum Gasteiger partial charge on any atom is -0.356 e. The highest BCUT2D eigenvalue weighted by Gasteiger charge is 2.41. The fraction of sp³-hybridized carbons (Fsp3) is 0.444. The molecule has 2 saturated heterocycles. The largest absolute Gasteiger partial charge is 0.356 e. The summed E-state index contributed by atoms with van der Waals surface area (Å²) in [5.41, 5.74) is 1.84. The van der Waals surface area contributed by atoms with E-state index < -0.39 is 0 Å². The Morgan fingerprint density at radius 1 is 1.04 bits per heavy atom. The molecule has 0 aliphatic carbocycles. The lowest BCUT2D eigenvalue weighted by atomic mass is 10.0. The third kappa shape index (κ3) is 2.36. The van der Waals surface area contributed by atoms with E-state index in [0.29, 0.717) is 11.8 Å². The molecule has 2 atom stereocenters. The van der Waals surface area contributed by atoms with Crippen LogP contribution in [-0.2, 0) is 7.05 Å². The standard InChI is InChI=1S/C18H21N7O/c1-12-7-17(25-15(20-12)5-6-19-25)24-10-13-8-23(9-14(13)11-24)16-3-4-18(26)22(2)21-16/h3-7,13-14H,8-11H2,1-2H3. The van der Waals surface area contributed by atoms with Crippen molar-refractivity contribution in [2.45, 2.75) is 6.92 Å². The summed E-state index contributed by atoms with van der Waals surface area (Å²) < 4.78 is 3.34. The quantitative estimate of drug-likeness (QED) is 0.677. The first-order chi connectivity index (χ1) is 12.6. The number of hydrogen-bond acceptors (Lipinski definition) is 6. The molecule has 8 heteroatoms. The van der Waals surface area contributed by atoms with Crippen molar-refractivity contribution in [3.63, 3.8) is 0 Å². The Bertz CT molecular complexity index is 1030. The SMILES string of the molecule is Cc1cc(N2CC3CN(c4ccc(=O)n(C)n4)CC3C2)n2nccc2n1. The van der Waals surface area contributed by atoms with Crippen LogP contribution in [0, 0.1) is 18.8 Å². The van der Waals surface area contributed by atoms with Gasteiger partial charge in [0, 0.05) is 69.0 Å². The van der Waals surface area contributed by atoms with E-state index in [1.54, 1.807) is 19.3 Å². The van der Waals surface area contributed by atoms with Gasteiger partial charge in [0.05, 0.1) is 6.20 Å². The maximum Gasteiger partial charge on any atom is 0.266 e. The average molecular weight is 351 g/mol. The van der Waals surface area contributed by atoms with E-state index in [2.05, 4.69) is 31.0 Å². The maximum atomic E-state index is 11.6. The Balaban J connectivity index is 1.37. The topological polar surface area (TPSA) is 71.6 Å². The summed E-state index contributed by atoms with van der Waals surface area (Å²) in [6.07, 6.45) is 1.80. The van der Waals surface area contributed by atoms with Crippen molar-refractivity contribution < 1.29 is 0 Å². The van der Waals surface area contributed by atoms with Gasteiger partial charge in [0.2, 0.25) is 0 Å². The summed E-state index contributed by atoms with van der Waals surface area (Å²) >= 11 is 0. The van der Waals surface area contributed by atoms with Crippen molar-refractivity contribution in [2.24, 2.45) is 18.9 Å². The number of hydrogen-bond donors (Lipinski definition) is 0. The highest BCUT2D eigenvalue weighted by Crippen LogP contribution is 2.35. The lowest BCUT2D eigenvalue weighted by Crippen LogP contribution is -2.31. The molecule has 0 N–H and O–H groups in total. The second-order valence-electron chi connectivity index (χ2n) is 7.34. The van der Waals surface area contributed by atoms with Crippen molar-refractivity contribution in [1.29, 1.82) is 0 Å². The summed E-state index contributed by atoms with van der Waals surface area (Å²) in [6, 6.07) is 7.49. The van der Waals surface area contributed by atoms with Crippen LogP contribution in [0.1, 0.15) is 5.69 Å². The number of anilines is 2. The van der Waals surface area contributed by atoms with Gasteiger partial charge in [-0.15, -0.1) is 0 Å². The van der Waals surface area contributed by atoms with Gasteiger partial charge < -0.3 is 9.80 Å². The summed E-state index contributed by atoms with van der Waals surface area (Å²) in [5.74, 6) is 3.20. The van der Waals surface area contributed by atoms with E-state index in [0.717, 1.165) is 49.2 Å². The molecule has 0 spiro atoms. The number of aromatic nitrogens is 5. The minimum absolute atomic E-state index is 0.0735. The summed E-state index contributed by atoms with van der Waals surface area (Å²) in [5, 5.41) is 8.84. The van der Waals surface area contributed by atoms with E-state index >= 15 is 0 Å². The molecule has 2 unspecified atom stereocenters. The molecule has 5 heterocycles. The summed E-state index contributed by atoms with van der Waals surface area (Å²) in [4.78, 5) is 20.8. The minimum atomic E-state index is -0.0735. The Labute approximate surface area is 150 Å². The Hall–Kier alpha value is -2.90. The lowest BCUT2D eigenvalue weighted by molar-refractivity contribution is 0.533. The van der Waals surface area contributed by atoms with E-state index in [4.69, 9.17) is 0 Å². The Kier molecular flexibility index (Phi) is 3.28. The fourth-order valence-corrected chi connectivity index (χ4v) is 4.27. The van der Waals surface area contributed by atoms with Crippen molar-refractivity contribution in [3.8, 4) is 0 Å². The maximum absolute atomic E-state index is 11.6. The van der Waals surface area contributed by atoms with Crippen LogP contribution in [-0.4, -0.2) is 50.6 Å². The van der Waals surface area contributed by atoms with Crippen LogP contribution < -0.4 is 15.4 Å². The smallest absolute Gasteiger partial charge is 0.266 e. The van der Waals surface area contributed by atoms with Crippen LogP contribution in [0.2, 0.25) is 0 Å². The first-order valence-electron chi connectivity index (χ1n) is 8.94. The number of fused-ring (bicyclic) bond motifs is 2. The third-order valence-electron chi connectivity index (χ3n) is 5.55. The molecule has 2 aliphatic rings. The normalized spacial score (nSPS) is 22.4. The highest BCUT2D eigenvalue weighted by atomic mass is 16.1. The molecule has 2 aliphatic heterocycles. The molecule has 0 bridgehead atoms. The number of nitrogens with zero attached hydrogens (tertiary/aromatic N) is 7. The summed E-state index contributed by atoms with van der Waals surface area (Å²) in [7, 11) is 1.70. The fourth-order valence-electron chi connectivity index (χ4n) is 4.27. The van der Waals surface area contributed by atoms with Crippen molar-refractivity contribution >= 4 is 17.3 Å². The van der Waals surface area contributed by atoms with Gasteiger partial charge in [0.1, 0.15) is 11.6 Å². The third-order valence-corrected chi connectivity index (χ3v) is 5.55. The van der Waals surface area contributed by atoms with Crippen LogP contribution in [0.25, 0.3) is 5.65 Å². The van der Waals surface area contributed by atoms with Gasteiger partial charge in [0.15, 0.2) is 5.65 Å². The first-order valence-corrected chi connectivity index (χ1v) is 8.94. The molecule has 0 saturated carbocycles. The van der Waals surface area contributed by atoms with Crippen LogP contribution in [0.5, 0.6) is 0 Å². The second kappa shape index (κ2) is 5.55. The monoisotopic (exact) mass is 351 g/mol. The van der Waals surface area contributed by atoms with E-state index in [9.17, 15) is 4.79 Å². The first kappa shape index (κ1) is 15.4. The van der Waals surface area contributed by atoms with Crippen molar-refractivity contribution in [1.82, 2.24) is 24.4 Å². The Morgan fingerprint density at radius 2 is 1.77 bits per heavy atom. The zero-order chi connectivity index (χ0) is 17.8. The molecule has 5 rings (SSSR count). The van der Waals surface area contributed by atoms with E-state index in [1.165, 1.54) is 4.68 Å². The Morgan fingerprint density at radius 3 is 2.50 bits per heavy atom. The molecule has 26 heavy (non-hydrogen) atoms. The molecule has 134 valence electrons. The average Bonchev–Trinajstić information content (AvgIpc) is 3.30. The van der Waals surface area contributed by atoms with Gasteiger partial charge in [0.25, 0.3) is 5.56 Å². The second-order valence-corrected chi connectivity index (χ2v) is 7.34. The van der Waals surface area contributed by atoms with Crippen molar-refractivity contribution in [3.05, 3.63) is 46.5 Å². The molecule has 3 aromatic heterocycles. The number of rotatable bonds is 2. The van der Waals surface area contributed by atoms with Crippen LogP contribution in [0.15, 0.2) is 35.3 Å². The van der Waals surface area contributed by atoms with Crippen LogP contribution >= 0.6 is 0 Å². The van der Waals surface area contributed by atoms with Gasteiger partial charge in [-0.05, 0) is 13.0 Å². The van der Waals surface area contributed by atoms with Gasteiger partial charge in [-0.25, -0.2) is 9.67 Å². The van der Waals surface area contributed by atoms with E-state index in [-0.39, 0.29) is 5.56 Å². The molecule has 0 radical (unpaired) electrons. The molecular formula is C18H21N7O. The van der Waals surface area contributed by atoms with Crippen LogP contribution in [0.4, 0.5) is 11.6 Å². The molecular weight excluding hydrogens is 330 g/mol. The van der Waals surface area contributed by atoms with Gasteiger partial charge in [-0.1, -0.05) is 0 Å². The molecule has 8 nitrogen and oxygen atoms in total. The molecule has 2 fully saturated rings. The molecule has 0 amide bonds. The van der Waals surface area contributed by atoms with Gasteiger partial charge >= 0.3 is 0 Å². The van der Waals surface area contributed by atoms with Crippen molar-refractivity contribution in [2.75, 3.05) is 36.0 Å². The summed E-state index contributed by atoms with van der Waals surface area (Å²) in [6.45, 7) is 5.98. The number of aryl methyl sites for hydroxylation is 2. The zero-order valence-electron chi connectivity index (χ0n) is 14.9. The van der Waals surface area contributed by atoms with E-state index in [1.807, 2.05) is 23.6 Å². The predicted molar refractivity (Wildman–Crippen MR) is 98.6 cm³/mol.